The van der Waals surface area contributed by atoms with Crippen molar-refractivity contribution in [1.29, 1.82) is 0 Å². The number of rotatable bonds is 15. The molecular weight excluding hydrogens is 392 g/mol. The Labute approximate surface area is 195 Å². The molecule has 0 radical (unpaired) electrons. The third-order valence-electron chi connectivity index (χ3n) is 6.64. The van der Waals surface area contributed by atoms with Gasteiger partial charge in [-0.2, -0.15) is 0 Å². The molecule has 1 aliphatic rings. The smallest absolute Gasteiger partial charge is 0.159 e. The largest absolute Gasteiger partial charge is 0.489 e. The summed E-state index contributed by atoms with van der Waals surface area (Å²) in [6.45, 7) is 5.24. The lowest BCUT2D eigenvalue weighted by atomic mass is 10.1. The highest BCUT2D eigenvalue weighted by molar-refractivity contribution is 5.55. The van der Waals surface area contributed by atoms with E-state index in [2.05, 4.69) is 42.0 Å². The van der Waals surface area contributed by atoms with Crippen molar-refractivity contribution < 1.29 is 4.74 Å². The lowest BCUT2D eigenvalue weighted by Crippen LogP contribution is -1.99. The molecule has 1 atom stereocenters. The second kappa shape index (κ2) is 14.1. The molecule has 0 saturated heterocycles. The zero-order valence-electron chi connectivity index (χ0n) is 20.3. The van der Waals surface area contributed by atoms with Gasteiger partial charge in [-0.1, -0.05) is 71.3 Å². The van der Waals surface area contributed by atoms with Crippen molar-refractivity contribution in [2.24, 2.45) is 5.92 Å². The Morgan fingerprint density at radius 3 is 2.12 bits per heavy atom. The lowest BCUT2D eigenvalue weighted by Gasteiger charge is -2.08. The molecule has 3 nitrogen and oxygen atoms in total. The zero-order chi connectivity index (χ0) is 22.4. The van der Waals surface area contributed by atoms with Gasteiger partial charge in [0.15, 0.2) is 5.82 Å². The first-order valence-electron chi connectivity index (χ1n) is 13.0. The average Bonchev–Trinajstić information content (AvgIpc) is 3.31. The van der Waals surface area contributed by atoms with Gasteiger partial charge in [-0.15, -0.1) is 0 Å². The zero-order valence-corrected chi connectivity index (χ0v) is 20.3. The van der Waals surface area contributed by atoms with Crippen LogP contribution in [0.3, 0.4) is 0 Å². The quantitative estimate of drug-likeness (QED) is 0.209. The minimum absolute atomic E-state index is 0.708. The van der Waals surface area contributed by atoms with Crippen molar-refractivity contribution >= 4 is 0 Å². The van der Waals surface area contributed by atoms with Crippen molar-refractivity contribution in [3.8, 4) is 17.1 Å². The first-order valence-corrected chi connectivity index (χ1v) is 13.0. The summed E-state index contributed by atoms with van der Waals surface area (Å²) in [5.74, 6) is 2.45. The fourth-order valence-corrected chi connectivity index (χ4v) is 4.46. The van der Waals surface area contributed by atoms with Crippen molar-refractivity contribution in [3.05, 3.63) is 53.9 Å². The Kier molecular flexibility index (Phi) is 10.8. The van der Waals surface area contributed by atoms with Gasteiger partial charge in [0, 0.05) is 18.0 Å². The number of benzene rings is 1. The van der Waals surface area contributed by atoms with Crippen LogP contribution in [0, 0.1) is 5.92 Å². The molecule has 0 aliphatic heterocycles. The molecule has 0 amide bonds. The summed E-state index contributed by atoms with van der Waals surface area (Å²) in [4.78, 5) is 9.20. The molecule has 1 unspecified atom stereocenters. The molecule has 0 N–H and O–H groups in total. The number of unbranched alkanes of at least 4 members (excludes halogenated alkanes) is 8. The van der Waals surface area contributed by atoms with Crippen molar-refractivity contribution in [3.63, 3.8) is 0 Å². The summed E-state index contributed by atoms with van der Waals surface area (Å²) in [6.07, 6.45) is 23.4. The van der Waals surface area contributed by atoms with E-state index in [9.17, 15) is 0 Å². The number of allylic oxidation sites excluding steroid dienone is 1. The maximum absolute atomic E-state index is 5.98. The highest BCUT2D eigenvalue weighted by Crippen LogP contribution is 2.27. The number of aromatic nitrogens is 2. The van der Waals surface area contributed by atoms with Gasteiger partial charge in [0.05, 0.1) is 0 Å². The Morgan fingerprint density at radius 2 is 1.50 bits per heavy atom. The highest BCUT2D eigenvalue weighted by atomic mass is 16.5. The third kappa shape index (κ3) is 8.41. The Bertz CT molecular complexity index is 795. The molecule has 1 aromatic carbocycles. The van der Waals surface area contributed by atoms with Crippen LogP contribution in [0.4, 0.5) is 0 Å². The molecule has 3 rings (SSSR count). The second-order valence-electron chi connectivity index (χ2n) is 9.34. The SMILES string of the molecule is CCCCCCCCCCCc1cnc(-c2ccc(OCC3=CC(CC)CC3)cc2)nc1. The number of nitrogens with zero attached hydrogens (tertiary/aromatic N) is 2. The van der Waals surface area contributed by atoms with E-state index in [-0.39, 0.29) is 0 Å². The van der Waals surface area contributed by atoms with Crippen molar-refractivity contribution in [2.45, 2.75) is 97.3 Å². The summed E-state index contributed by atoms with van der Waals surface area (Å²) < 4.78 is 5.98. The summed E-state index contributed by atoms with van der Waals surface area (Å²) in [6, 6.07) is 8.18. The number of hydrogen-bond acceptors (Lipinski definition) is 3. The first-order chi connectivity index (χ1) is 15.8. The van der Waals surface area contributed by atoms with Gasteiger partial charge in [0.2, 0.25) is 0 Å². The Hall–Kier alpha value is -2.16. The number of aryl methyl sites for hydroxylation is 1. The monoisotopic (exact) mass is 434 g/mol. The first kappa shape index (κ1) is 24.5. The molecule has 1 heterocycles. The van der Waals surface area contributed by atoms with E-state index in [1.807, 2.05) is 24.5 Å². The van der Waals surface area contributed by atoms with E-state index in [1.54, 1.807) is 0 Å². The molecule has 1 aromatic heterocycles. The standard InChI is InChI=1S/C29H42N2O/c1-3-5-6-7-8-9-10-11-12-13-26-21-30-29(31-22-26)27-16-18-28(19-17-27)32-23-25-15-14-24(4-2)20-25/h16-22,24H,3-15,23H2,1-2H3. The normalized spacial score (nSPS) is 15.7. The van der Waals surface area contributed by atoms with E-state index in [4.69, 9.17) is 4.74 Å². The maximum Gasteiger partial charge on any atom is 0.159 e. The fraction of sp³-hybridized carbons (Fsp3) is 0.586. The van der Waals surface area contributed by atoms with E-state index >= 15 is 0 Å². The Balaban J connectivity index is 1.35. The Morgan fingerprint density at radius 1 is 0.844 bits per heavy atom. The van der Waals surface area contributed by atoms with Crippen LogP contribution in [0.1, 0.15) is 96.5 Å². The maximum atomic E-state index is 5.98. The van der Waals surface area contributed by atoms with Crippen LogP contribution in [-0.4, -0.2) is 16.6 Å². The molecule has 0 saturated carbocycles. The topological polar surface area (TPSA) is 35.0 Å². The molecule has 174 valence electrons. The lowest BCUT2D eigenvalue weighted by molar-refractivity contribution is 0.349. The van der Waals surface area contributed by atoms with Crippen LogP contribution in [0.15, 0.2) is 48.3 Å². The molecule has 2 aromatic rings. The van der Waals surface area contributed by atoms with Gasteiger partial charge < -0.3 is 4.74 Å². The molecule has 3 heteroatoms. The van der Waals surface area contributed by atoms with Crippen LogP contribution in [0.5, 0.6) is 5.75 Å². The number of hydrogen-bond donors (Lipinski definition) is 0. The minimum atomic E-state index is 0.708. The van der Waals surface area contributed by atoms with Gasteiger partial charge >= 0.3 is 0 Å². The van der Waals surface area contributed by atoms with E-state index < -0.39 is 0 Å². The van der Waals surface area contributed by atoms with E-state index in [0.29, 0.717) is 6.61 Å². The van der Waals surface area contributed by atoms with Crippen LogP contribution in [-0.2, 0) is 6.42 Å². The van der Waals surface area contributed by atoms with Crippen molar-refractivity contribution in [2.75, 3.05) is 6.61 Å². The van der Waals surface area contributed by atoms with E-state index in [1.165, 1.54) is 88.2 Å². The average molecular weight is 435 g/mol. The summed E-state index contributed by atoms with van der Waals surface area (Å²) in [5.41, 5.74) is 3.72. The van der Waals surface area contributed by atoms with Gasteiger partial charge in [-0.3, -0.25) is 0 Å². The molecule has 0 spiro atoms. The van der Waals surface area contributed by atoms with E-state index in [0.717, 1.165) is 29.5 Å². The van der Waals surface area contributed by atoms with Gasteiger partial charge in [0.25, 0.3) is 0 Å². The highest BCUT2D eigenvalue weighted by Gasteiger charge is 2.14. The van der Waals surface area contributed by atoms with Crippen LogP contribution in [0.25, 0.3) is 11.4 Å². The number of ether oxygens (including phenoxy) is 1. The minimum Gasteiger partial charge on any atom is -0.489 e. The van der Waals surface area contributed by atoms with Crippen molar-refractivity contribution in [1.82, 2.24) is 9.97 Å². The summed E-state index contributed by atoms with van der Waals surface area (Å²) in [5, 5.41) is 0. The molecule has 32 heavy (non-hydrogen) atoms. The molecule has 0 fully saturated rings. The molecule has 0 bridgehead atoms. The second-order valence-corrected chi connectivity index (χ2v) is 9.34. The van der Waals surface area contributed by atoms with Crippen LogP contribution < -0.4 is 4.74 Å². The molecule has 1 aliphatic carbocycles. The molecular formula is C29H42N2O. The van der Waals surface area contributed by atoms with Gasteiger partial charge in [0.1, 0.15) is 12.4 Å². The third-order valence-corrected chi connectivity index (χ3v) is 6.64. The van der Waals surface area contributed by atoms with Crippen LogP contribution >= 0.6 is 0 Å². The predicted molar refractivity (Wildman–Crippen MR) is 135 cm³/mol. The van der Waals surface area contributed by atoms with Gasteiger partial charge in [-0.25, -0.2) is 9.97 Å². The fourth-order valence-electron chi connectivity index (χ4n) is 4.46. The summed E-state index contributed by atoms with van der Waals surface area (Å²) >= 11 is 0. The predicted octanol–water partition coefficient (Wildman–Crippen LogP) is 8.34. The van der Waals surface area contributed by atoms with Crippen LogP contribution in [0.2, 0.25) is 0 Å². The summed E-state index contributed by atoms with van der Waals surface area (Å²) in [7, 11) is 0. The van der Waals surface area contributed by atoms with Gasteiger partial charge in [-0.05, 0) is 73.4 Å².